The summed E-state index contributed by atoms with van der Waals surface area (Å²) in [6.07, 6.45) is 4.46. The van der Waals surface area contributed by atoms with E-state index < -0.39 is 0 Å². The first-order valence-electron chi connectivity index (χ1n) is 5.93. The molecule has 0 saturated heterocycles. The van der Waals surface area contributed by atoms with Crippen molar-refractivity contribution in [3.05, 3.63) is 23.5 Å². The molecule has 2 aromatic heterocycles. The number of thiazole rings is 1. The van der Waals surface area contributed by atoms with Crippen LogP contribution >= 0.6 is 11.3 Å². The van der Waals surface area contributed by atoms with Gasteiger partial charge in [0, 0.05) is 30.9 Å². The fourth-order valence-corrected chi connectivity index (χ4v) is 2.50. The van der Waals surface area contributed by atoms with Crippen molar-refractivity contribution in [3.63, 3.8) is 0 Å². The second-order valence-electron chi connectivity index (χ2n) is 4.02. The van der Waals surface area contributed by atoms with E-state index in [-0.39, 0.29) is 5.97 Å². The van der Waals surface area contributed by atoms with Gasteiger partial charge in [-0.3, -0.25) is 14.1 Å². The maximum atomic E-state index is 11.1. The van der Waals surface area contributed by atoms with Crippen LogP contribution in [0.15, 0.2) is 17.8 Å². The molecule has 0 bridgehead atoms. The van der Waals surface area contributed by atoms with Gasteiger partial charge in [0.2, 0.25) is 0 Å². The molecule has 2 heterocycles. The van der Waals surface area contributed by atoms with Crippen LogP contribution in [0.2, 0.25) is 0 Å². The van der Waals surface area contributed by atoms with Crippen molar-refractivity contribution in [2.24, 2.45) is 0 Å². The number of aromatic nitrogens is 2. The monoisotopic (exact) mass is 267 g/mol. The zero-order valence-corrected chi connectivity index (χ0v) is 11.4. The quantitative estimate of drug-likeness (QED) is 0.749. The average molecular weight is 267 g/mol. The van der Waals surface area contributed by atoms with E-state index >= 15 is 0 Å². The maximum absolute atomic E-state index is 11.1. The molecule has 98 valence electrons. The van der Waals surface area contributed by atoms with Gasteiger partial charge in [-0.1, -0.05) is 6.92 Å². The number of methoxy groups -OCH3 is 1. The lowest BCUT2D eigenvalue weighted by Gasteiger charge is -2.18. The highest BCUT2D eigenvalue weighted by molar-refractivity contribution is 7.15. The number of hydrogen-bond donors (Lipinski definition) is 0. The first-order chi connectivity index (χ1) is 8.72. The number of rotatable bonds is 6. The predicted molar refractivity (Wildman–Crippen MR) is 70.7 cm³/mol. The lowest BCUT2D eigenvalue weighted by Crippen LogP contribution is -2.26. The summed E-state index contributed by atoms with van der Waals surface area (Å²) >= 11 is 1.62. The summed E-state index contributed by atoms with van der Waals surface area (Å²) in [7, 11) is 1.42. The van der Waals surface area contributed by atoms with Gasteiger partial charge in [-0.2, -0.15) is 0 Å². The van der Waals surface area contributed by atoms with Crippen molar-refractivity contribution in [3.8, 4) is 0 Å². The Hall–Kier alpha value is -1.40. The van der Waals surface area contributed by atoms with Crippen LogP contribution < -0.4 is 0 Å². The Bertz CT molecular complexity index is 492. The van der Waals surface area contributed by atoms with Crippen LogP contribution in [-0.2, 0) is 16.1 Å². The summed E-state index contributed by atoms with van der Waals surface area (Å²) < 4.78 is 6.67. The number of imidazole rings is 1. The smallest absolute Gasteiger partial charge is 0.306 e. The molecule has 0 unspecified atom stereocenters. The van der Waals surface area contributed by atoms with Gasteiger partial charge in [0.05, 0.1) is 19.2 Å². The molecule has 0 spiro atoms. The number of fused-ring (bicyclic) bond motifs is 1. The Morgan fingerprint density at radius 1 is 1.61 bits per heavy atom. The first kappa shape index (κ1) is 13.0. The second-order valence-corrected chi connectivity index (χ2v) is 4.89. The molecule has 0 aliphatic rings. The molecule has 5 nitrogen and oxygen atoms in total. The number of ether oxygens (including phenoxy) is 1. The van der Waals surface area contributed by atoms with E-state index in [0.29, 0.717) is 13.0 Å². The zero-order valence-electron chi connectivity index (χ0n) is 10.6. The fourth-order valence-electron chi connectivity index (χ4n) is 1.78. The second kappa shape index (κ2) is 5.97. The third kappa shape index (κ3) is 3.08. The summed E-state index contributed by atoms with van der Waals surface area (Å²) in [6.45, 7) is 4.44. The number of esters is 1. The minimum atomic E-state index is -0.167. The molecule has 18 heavy (non-hydrogen) atoms. The van der Waals surface area contributed by atoms with Crippen LogP contribution in [0, 0.1) is 0 Å². The standard InChI is InChI=1S/C12H17N3O2S/c1-3-14(5-4-11(16)17-2)8-10-9-15-6-7-18-12(15)13-10/h6-7,9H,3-5,8H2,1-2H3. The van der Waals surface area contributed by atoms with Gasteiger partial charge in [-0.15, -0.1) is 11.3 Å². The van der Waals surface area contributed by atoms with Crippen molar-refractivity contribution < 1.29 is 9.53 Å². The van der Waals surface area contributed by atoms with Crippen molar-refractivity contribution >= 4 is 22.3 Å². The molecule has 0 aliphatic carbocycles. The predicted octanol–water partition coefficient (Wildman–Crippen LogP) is 1.78. The average Bonchev–Trinajstić information content (AvgIpc) is 2.94. The summed E-state index contributed by atoms with van der Waals surface area (Å²) in [5.41, 5.74) is 1.04. The lowest BCUT2D eigenvalue weighted by molar-refractivity contribution is -0.141. The van der Waals surface area contributed by atoms with Crippen LogP contribution in [-0.4, -0.2) is 40.5 Å². The van der Waals surface area contributed by atoms with Crippen LogP contribution in [0.4, 0.5) is 0 Å². The van der Waals surface area contributed by atoms with E-state index in [2.05, 4.69) is 21.5 Å². The van der Waals surface area contributed by atoms with Crippen molar-refractivity contribution in [1.82, 2.24) is 14.3 Å². The van der Waals surface area contributed by atoms with Crippen LogP contribution in [0.25, 0.3) is 4.96 Å². The molecule has 0 aromatic carbocycles. The molecular formula is C12H17N3O2S. The number of hydrogen-bond acceptors (Lipinski definition) is 5. The van der Waals surface area contributed by atoms with Gasteiger partial charge >= 0.3 is 5.97 Å². The summed E-state index contributed by atoms with van der Waals surface area (Å²) in [6, 6.07) is 0. The third-order valence-corrected chi connectivity index (χ3v) is 3.61. The highest BCUT2D eigenvalue weighted by Gasteiger charge is 2.10. The van der Waals surface area contributed by atoms with Gasteiger partial charge in [-0.05, 0) is 6.54 Å². The highest BCUT2D eigenvalue weighted by Crippen LogP contribution is 2.12. The SMILES string of the molecule is CCN(CCC(=O)OC)Cc1cn2ccsc2n1. The molecule has 0 saturated carbocycles. The zero-order chi connectivity index (χ0) is 13.0. The molecular weight excluding hydrogens is 250 g/mol. The normalized spacial score (nSPS) is 11.3. The topological polar surface area (TPSA) is 46.8 Å². The molecule has 0 fully saturated rings. The highest BCUT2D eigenvalue weighted by atomic mass is 32.1. The summed E-state index contributed by atoms with van der Waals surface area (Å²) in [4.78, 5) is 18.8. The Balaban J connectivity index is 1.93. The lowest BCUT2D eigenvalue weighted by atomic mass is 10.3. The number of nitrogens with zero attached hydrogens (tertiary/aromatic N) is 3. The van der Waals surface area contributed by atoms with Gasteiger partial charge in [0.15, 0.2) is 4.96 Å². The molecule has 6 heteroatoms. The Morgan fingerprint density at radius 3 is 3.11 bits per heavy atom. The largest absolute Gasteiger partial charge is 0.469 e. The van der Waals surface area contributed by atoms with Crippen LogP contribution in [0.3, 0.4) is 0 Å². The Kier molecular flexibility index (Phi) is 4.33. The number of carbonyl (C=O) groups is 1. The van der Waals surface area contributed by atoms with E-state index in [1.54, 1.807) is 11.3 Å². The molecule has 0 atom stereocenters. The van der Waals surface area contributed by atoms with E-state index in [9.17, 15) is 4.79 Å². The Morgan fingerprint density at radius 2 is 2.44 bits per heavy atom. The summed E-state index contributed by atoms with van der Waals surface area (Å²) in [5, 5.41) is 2.01. The van der Waals surface area contributed by atoms with Crippen molar-refractivity contribution in [1.29, 1.82) is 0 Å². The molecule has 0 aliphatic heterocycles. The molecule has 2 aromatic rings. The van der Waals surface area contributed by atoms with E-state index in [1.807, 2.05) is 22.2 Å². The van der Waals surface area contributed by atoms with E-state index in [4.69, 9.17) is 0 Å². The first-order valence-corrected chi connectivity index (χ1v) is 6.81. The Labute approximate surface area is 110 Å². The molecule has 2 rings (SSSR count). The number of carbonyl (C=O) groups excluding carboxylic acids is 1. The van der Waals surface area contributed by atoms with Gasteiger partial charge < -0.3 is 4.74 Å². The van der Waals surface area contributed by atoms with Crippen molar-refractivity contribution in [2.45, 2.75) is 19.9 Å². The fraction of sp³-hybridized carbons (Fsp3) is 0.500. The molecule has 0 N–H and O–H groups in total. The van der Waals surface area contributed by atoms with Crippen LogP contribution in [0.5, 0.6) is 0 Å². The minimum Gasteiger partial charge on any atom is -0.469 e. The van der Waals surface area contributed by atoms with Gasteiger partial charge in [0.25, 0.3) is 0 Å². The van der Waals surface area contributed by atoms with E-state index in [1.165, 1.54) is 7.11 Å². The van der Waals surface area contributed by atoms with Crippen LogP contribution in [0.1, 0.15) is 19.0 Å². The molecule has 0 amide bonds. The minimum absolute atomic E-state index is 0.167. The molecule has 0 radical (unpaired) electrons. The van der Waals surface area contributed by atoms with Gasteiger partial charge in [-0.25, -0.2) is 4.98 Å². The van der Waals surface area contributed by atoms with Gasteiger partial charge in [0.1, 0.15) is 0 Å². The third-order valence-electron chi connectivity index (χ3n) is 2.84. The summed E-state index contributed by atoms with van der Waals surface area (Å²) in [5.74, 6) is -0.167. The van der Waals surface area contributed by atoms with Crippen molar-refractivity contribution in [2.75, 3.05) is 20.2 Å². The maximum Gasteiger partial charge on any atom is 0.306 e. The van der Waals surface area contributed by atoms with E-state index in [0.717, 1.165) is 23.7 Å².